The maximum absolute atomic E-state index is 14.6. The summed E-state index contributed by atoms with van der Waals surface area (Å²) < 4.78 is 54.2. The van der Waals surface area contributed by atoms with Crippen LogP contribution in [0.2, 0.25) is 5.02 Å². The zero-order valence-electron chi connectivity index (χ0n) is 16.3. The van der Waals surface area contributed by atoms with Crippen molar-refractivity contribution in [2.75, 3.05) is 5.75 Å². The molecule has 0 unspecified atom stereocenters. The second-order valence-electron chi connectivity index (χ2n) is 6.84. The Morgan fingerprint density at radius 3 is 2.39 bits per heavy atom. The van der Waals surface area contributed by atoms with Gasteiger partial charge in [0.15, 0.2) is 5.17 Å². The molecular formula is C18H15ClF4N4O3S. The number of halogens is 5. The van der Waals surface area contributed by atoms with E-state index in [0.717, 1.165) is 30.9 Å². The van der Waals surface area contributed by atoms with Crippen LogP contribution in [0, 0.1) is 5.82 Å². The van der Waals surface area contributed by atoms with Gasteiger partial charge in [-0.1, -0.05) is 23.4 Å². The third-order valence-electron chi connectivity index (χ3n) is 4.40. The molecular weight excluding hydrogens is 464 g/mol. The molecule has 166 valence electrons. The van der Waals surface area contributed by atoms with E-state index in [1.54, 1.807) is 13.8 Å². The summed E-state index contributed by atoms with van der Waals surface area (Å²) >= 11 is 7.17. The van der Waals surface area contributed by atoms with Crippen LogP contribution in [0.5, 0.6) is 0 Å². The van der Waals surface area contributed by atoms with Crippen LogP contribution in [-0.2, 0) is 18.0 Å². The molecule has 0 atom stereocenters. The van der Waals surface area contributed by atoms with Gasteiger partial charge in [-0.25, -0.2) is 18.7 Å². The molecule has 0 saturated carbocycles. The number of hydrogen-bond acceptors (Lipinski definition) is 5. The molecule has 31 heavy (non-hydrogen) atoms. The fourth-order valence-electron chi connectivity index (χ4n) is 2.97. The van der Waals surface area contributed by atoms with Gasteiger partial charge in [-0.2, -0.15) is 13.2 Å². The number of aliphatic imine (C=N–C) groups is 1. The Labute approximate surface area is 181 Å². The number of alkyl halides is 3. The second-order valence-corrected chi connectivity index (χ2v) is 8.19. The molecule has 1 fully saturated rings. The number of amidine groups is 1. The first-order chi connectivity index (χ1) is 14.3. The maximum Gasteiger partial charge on any atom is 0.431 e. The molecule has 1 amide bonds. The lowest BCUT2D eigenvalue weighted by atomic mass is 10.2. The lowest BCUT2D eigenvalue weighted by Crippen LogP contribution is -2.41. The van der Waals surface area contributed by atoms with Crippen molar-refractivity contribution in [2.24, 2.45) is 12.0 Å². The second kappa shape index (κ2) is 8.15. The van der Waals surface area contributed by atoms with Crippen molar-refractivity contribution in [3.63, 3.8) is 0 Å². The highest BCUT2D eigenvalue weighted by molar-refractivity contribution is 8.15. The van der Waals surface area contributed by atoms with E-state index in [9.17, 15) is 31.9 Å². The highest BCUT2D eigenvalue weighted by Gasteiger charge is 2.35. The Kier molecular flexibility index (Phi) is 6.07. The van der Waals surface area contributed by atoms with Crippen LogP contribution in [0.15, 0.2) is 32.8 Å². The van der Waals surface area contributed by atoms with Crippen LogP contribution in [0.3, 0.4) is 0 Å². The van der Waals surface area contributed by atoms with Crippen LogP contribution >= 0.6 is 23.4 Å². The molecule has 2 aromatic rings. The van der Waals surface area contributed by atoms with Gasteiger partial charge >= 0.3 is 11.9 Å². The zero-order valence-corrected chi connectivity index (χ0v) is 17.9. The lowest BCUT2D eigenvalue weighted by molar-refractivity contribution is -0.144. The number of amides is 1. The van der Waals surface area contributed by atoms with E-state index >= 15 is 0 Å². The first-order valence-corrected chi connectivity index (χ1v) is 10.1. The number of carbonyl (C=O) groups excluding carboxylic acids is 1. The fourth-order valence-corrected chi connectivity index (χ4v) is 4.17. The molecule has 1 aromatic heterocycles. The van der Waals surface area contributed by atoms with Gasteiger partial charge in [0, 0.05) is 19.2 Å². The summed E-state index contributed by atoms with van der Waals surface area (Å²) in [4.78, 5) is 42.5. The van der Waals surface area contributed by atoms with Crippen molar-refractivity contribution in [1.29, 1.82) is 0 Å². The number of carbonyl (C=O) groups is 1. The Balaban J connectivity index is 2.21. The van der Waals surface area contributed by atoms with Crippen molar-refractivity contribution in [3.05, 3.63) is 55.6 Å². The van der Waals surface area contributed by atoms with Gasteiger partial charge < -0.3 is 0 Å². The third-order valence-corrected chi connectivity index (χ3v) is 5.64. The van der Waals surface area contributed by atoms with E-state index in [1.807, 2.05) is 0 Å². The topological polar surface area (TPSA) is 76.7 Å². The van der Waals surface area contributed by atoms with E-state index in [2.05, 4.69) is 4.99 Å². The summed E-state index contributed by atoms with van der Waals surface area (Å²) in [6.45, 7) is 3.53. The van der Waals surface area contributed by atoms with Gasteiger partial charge in [-0.15, -0.1) is 0 Å². The average Bonchev–Trinajstić information content (AvgIpc) is 3.01. The van der Waals surface area contributed by atoms with Crippen molar-refractivity contribution >= 4 is 40.1 Å². The predicted octanol–water partition coefficient (Wildman–Crippen LogP) is 3.32. The molecule has 0 N–H and O–H groups in total. The molecule has 0 radical (unpaired) electrons. The Morgan fingerprint density at radius 2 is 1.81 bits per heavy atom. The number of thioether (sulfide) groups is 1. The van der Waals surface area contributed by atoms with E-state index in [1.165, 1.54) is 4.90 Å². The number of nitrogens with zero attached hydrogens (tertiary/aromatic N) is 4. The summed E-state index contributed by atoms with van der Waals surface area (Å²) in [5, 5.41) is 0.112. The van der Waals surface area contributed by atoms with Gasteiger partial charge in [0.05, 0.1) is 22.2 Å². The molecule has 1 aromatic carbocycles. The number of aromatic nitrogens is 2. The van der Waals surface area contributed by atoms with Gasteiger partial charge in [0.2, 0.25) is 5.91 Å². The smallest absolute Gasteiger partial charge is 0.292 e. The SMILES string of the molecule is CC(C)N1C(=O)CSC1=Nc1cc(-n2c(=O)cc(C(F)(F)F)n(C)c2=O)c(F)cc1Cl. The van der Waals surface area contributed by atoms with E-state index in [0.29, 0.717) is 0 Å². The predicted molar refractivity (Wildman–Crippen MR) is 109 cm³/mol. The summed E-state index contributed by atoms with van der Waals surface area (Å²) in [6, 6.07) is 1.75. The molecule has 1 saturated heterocycles. The quantitative estimate of drug-likeness (QED) is 0.634. The van der Waals surface area contributed by atoms with Gasteiger partial charge in [0.25, 0.3) is 5.56 Å². The van der Waals surface area contributed by atoms with Gasteiger partial charge in [-0.3, -0.25) is 19.1 Å². The third kappa shape index (κ3) is 4.26. The molecule has 7 nitrogen and oxygen atoms in total. The van der Waals surface area contributed by atoms with Crippen LogP contribution < -0.4 is 11.2 Å². The molecule has 1 aliphatic rings. The summed E-state index contributed by atoms with van der Waals surface area (Å²) in [7, 11) is 0.817. The summed E-state index contributed by atoms with van der Waals surface area (Å²) in [6.07, 6.45) is -4.95. The first-order valence-electron chi connectivity index (χ1n) is 8.76. The minimum Gasteiger partial charge on any atom is -0.292 e. The van der Waals surface area contributed by atoms with Crippen molar-refractivity contribution in [3.8, 4) is 5.69 Å². The maximum atomic E-state index is 14.6. The van der Waals surface area contributed by atoms with Crippen molar-refractivity contribution < 1.29 is 22.4 Å². The molecule has 1 aliphatic heterocycles. The standard InChI is InChI=1S/C18H15ClF4N4O3S/c1-8(2)26-15(29)7-31-16(26)24-11-5-12(10(20)4-9(11)19)27-14(28)6-13(18(21,22)23)25(3)17(27)30/h4-6,8H,7H2,1-3H3. The highest BCUT2D eigenvalue weighted by atomic mass is 35.5. The van der Waals surface area contributed by atoms with E-state index in [-0.39, 0.29) is 48.8 Å². The summed E-state index contributed by atoms with van der Waals surface area (Å²) in [5.41, 5.74) is -4.91. The monoisotopic (exact) mass is 478 g/mol. The largest absolute Gasteiger partial charge is 0.431 e. The van der Waals surface area contributed by atoms with Crippen LogP contribution in [0.4, 0.5) is 23.2 Å². The molecule has 0 spiro atoms. The van der Waals surface area contributed by atoms with E-state index in [4.69, 9.17) is 11.6 Å². The molecule has 0 bridgehead atoms. The molecule has 13 heteroatoms. The number of rotatable bonds is 3. The Morgan fingerprint density at radius 1 is 1.16 bits per heavy atom. The zero-order chi connectivity index (χ0) is 23.2. The minimum atomic E-state index is -4.95. The first kappa shape index (κ1) is 23.1. The van der Waals surface area contributed by atoms with Gasteiger partial charge in [0.1, 0.15) is 11.5 Å². The number of benzene rings is 1. The van der Waals surface area contributed by atoms with Crippen molar-refractivity contribution in [2.45, 2.75) is 26.1 Å². The lowest BCUT2D eigenvalue weighted by Gasteiger charge is -2.20. The van der Waals surface area contributed by atoms with Gasteiger partial charge in [-0.05, 0) is 26.0 Å². The molecule has 0 aliphatic carbocycles. The fraction of sp³-hybridized carbons (Fsp3) is 0.333. The Hall–Kier alpha value is -2.60. The van der Waals surface area contributed by atoms with Crippen LogP contribution in [0.25, 0.3) is 5.69 Å². The highest BCUT2D eigenvalue weighted by Crippen LogP contribution is 2.33. The average molecular weight is 479 g/mol. The summed E-state index contributed by atoms with van der Waals surface area (Å²) in [5.74, 6) is -1.16. The minimum absolute atomic E-state index is 0.0604. The van der Waals surface area contributed by atoms with Crippen LogP contribution in [0.1, 0.15) is 19.5 Å². The van der Waals surface area contributed by atoms with E-state index < -0.39 is 34.6 Å². The molecule has 3 rings (SSSR count). The normalized spacial score (nSPS) is 16.1. The van der Waals surface area contributed by atoms with Crippen LogP contribution in [-0.4, -0.2) is 36.9 Å². The molecule has 2 heterocycles. The van der Waals surface area contributed by atoms with Crippen molar-refractivity contribution in [1.82, 2.24) is 14.0 Å². The number of hydrogen-bond donors (Lipinski definition) is 0. The Bertz CT molecular complexity index is 1220.